The Bertz CT molecular complexity index is 737. The first kappa shape index (κ1) is 15.8. The maximum Gasteiger partial charge on any atom is 0.276 e. The summed E-state index contributed by atoms with van der Waals surface area (Å²) >= 11 is 4.89. The predicted molar refractivity (Wildman–Crippen MR) is 89.2 cm³/mol. The molecule has 0 unspecified atom stereocenters. The molecule has 0 bridgehead atoms. The highest BCUT2D eigenvalue weighted by Gasteiger charge is 2.20. The Morgan fingerprint density at radius 2 is 2.18 bits per heavy atom. The molecule has 2 N–H and O–H groups in total. The highest BCUT2D eigenvalue weighted by Crippen LogP contribution is 2.14. The van der Waals surface area contributed by atoms with E-state index in [0.29, 0.717) is 22.2 Å². The van der Waals surface area contributed by atoms with Crippen LogP contribution in [0.5, 0.6) is 0 Å². The molecule has 0 aliphatic carbocycles. The van der Waals surface area contributed by atoms with E-state index in [1.165, 1.54) is 11.1 Å². The molecule has 114 valence electrons. The molecule has 22 heavy (non-hydrogen) atoms. The quantitative estimate of drug-likeness (QED) is 0.521. The van der Waals surface area contributed by atoms with Crippen LogP contribution in [0.2, 0.25) is 0 Å². The van der Waals surface area contributed by atoms with Gasteiger partial charge in [0, 0.05) is 20.3 Å². The number of rotatable bonds is 3. The monoisotopic (exact) mass is 316 g/mol. The van der Waals surface area contributed by atoms with Gasteiger partial charge < -0.3 is 15.2 Å². The fourth-order valence-corrected chi connectivity index (χ4v) is 2.01. The second-order valence-corrected chi connectivity index (χ2v) is 5.21. The molecule has 0 aliphatic rings. The molecule has 0 saturated heterocycles. The minimum absolute atomic E-state index is 0.179. The van der Waals surface area contributed by atoms with Crippen LogP contribution in [0.1, 0.15) is 23.2 Å². The van der Waals surface area contributed by atoms with Gasteiger partial charge in [-0.15, -0.1) is 0 Å². The maximum atomic E-state index is 12.6. The summed E-state index contributed by atoms with van der Waals surface area (Å²) in [5.41, 5.74) is 6.92. The number of hydrogen-bond acceptors (Lipinski definition) is 4. The third kappa shape index (κ3) is 3.17. The molecule has 0 aromatic carbocycles. The minimum atomic E-state index is -0.221. The van der Waals surface area contributed by atoms with Gasteiger partial charge in [0.2, 0.25) is 0 Å². The lowest BCUT2D eigenvalue weighted by molar-refractivity contribution is 0.0985. The molecule has 8 heteroatoms. The summed E-state index contributed by atoms with van der Waals surface area (Å²) in [5, 5.41) is 0. The van der Waals surface area contributed by atoms with E-state index in [9.17, 15) is 4.79 Å². The summed E-state index contributed by atoms with van der Waals surface area (Å²) in [6.07, 6.45) is 4.72. The Balaban J connectivity index is 2.33. The summed E-state index contributed by atoms with van der Waals surface area (Å²) in [6.45, 7) is 1.66. The van der Waals surface area contributed by atoms with E-state index < -0.39 is 0 Å². The van der Waals surface area contributed by atoms with Crippen molar-refractivity contribution < 1.29 is 4.79 Å². The molecule has 0 saturated carbocycles. The number of amides is 1. The average Bonchev–Trinajstić information content (AvgIpc) is 2.87. The SMILES string of the molecule is CC(=S)N=C(N)c1ncc(C(=O)N(C)c2cccnc2)n1C. The number of amidine groups is 1. The van der Waals surface area contributed by atoms with Crippen molar-refractivity contribution in [2.45, 2.75) is 6.92 Å². The van der Waals surface area contributed by atoms with Crippen LogP contribution >= 0.6 is 12.2 Å². The third-order valence-corrected chi connectivity index (χ3v) is 3.14. The molecule has 2 aromatic rings. The lowest BCUT2D eigenvalue weighted by Crippen LogP contribution is -2.29. The first-order valence-corrected chi connectivity index (χ1v) is 6.87. The van der Waals surface area contributed by atoms with Crippen molar-refractivity contribution >= 4 is 34.6 Å². The molecule has 2 heterocycles. The number of aromatic nitrogens is 3. The van der Waals surface area contributed by atoms with E-state index in [2.05, 4.69) is 15.0 Å². The molecule has 0 aliphatic heterocycles. The van der Waals surface area contributed by atoms with Gasteiger partial charge in [-0.05, 0) is 19.1 Å². The number of hydrogen-bond donors (Lipinski definition) is 1. The number of nitrogens with zero attached hydrogens (tertiary/aromatic N) is 5. The van der Waals surface area contributed by atoms with Crippen LogP contribution < -0.4 is 10.6 Å². The summed E-state index contributed by atoms with van der Waals surface area (Å²) in [4.78, 5) is 26.6. The highest BCUT2D eigenvalue weighted by atomic mass is 32.1. The van der Waals surface area contributed by atoms with Crippen molar-refractivity contribution in [3.05, 3.63) is 42.2 Å². The Morgan fingerprint density at radius 1 is 1.45 bits per heavy atom. The second-order valence-electron chi connectivity index (χ2n) is 4.62. The number of pyridine rings is 1. The van der Waals surface area contributed by atoms with Gasteiger partial charge in [-0.1, -0.05) is 12.2 Å². The van der Waals surface area contributed by atoms with Crippen LogP contribution in [0.3, 0.4) is 0 Å². The number of aliphatic imine (C=N–C) groups is 1. The Labute approximate surface area is 133 Å². The van der Waals surface area contributed by atoms with E-state index in [-0.39, 0.29) is 11.7 Å². The third-order valence-electron chi connectivity index (χ3n) is 3.05. The largest absolute Gasteiger partial charge is 0.381 e. The molecular formula is C14H16N6OS. The lowest BCUT2D eigenvalue weighted by Gasteiger charge is -2.17. The van der Waals surface area contributed by atoms with Crippen molar-refractivity contribution in [3.8, 4) is 0 Å². The first-order valence-electron chi connectivity index (χ1n) is 6.46. The zero-order chi connectivity index (χ0) is 16.3. The Kier molecular flexibility index (Phi) is 4.62. The van der Waals surface area contributed by atoms with Crippen LogP contribution in [0.4, 0.5) is 5.69 Å². The smallest absolute Gasteiger partial charge is 0.276 e. The number of carbonyl (C=O) groups is 1. The average molecular weight is 316 g/mol. The van der Waals surface area contributed by atoms with Crippen LogP contribution in [-0.4, -0.2) is 38.3 Å². The number of imidazole rings is 1. The van der Waals surface area contributed by atoms with E-state index in [1.54, 1.807) is 50.1 Å². The van der Waals surface area contributed by atoms with Crippen molar-refractivity contribution in [1.82, 2.24) is 14.5 Å². The molecule has 2 rings (SSSR count). The fraction of sp³-hybridized carbons (Fsp3) is 0.214. The Morgan fingerprint density at radius 3 is 2.77 bits per heavy atom. The van der Waals surface area contributed by atoms with Crippen molar-refractivity contribution in [3.63, 3.8) is 0 Å². The highest BCUT2D eigenvalue weighted by molar-refractivity contribution is 7.80. The number of nitrogens with two attached hydrogens (primary N) is 1. The zero-order valence-corrected chi connectivity index (χ0v) is 13.3. The fourth-order valence-electron chi connectivity index (χ4n) is 1.91. The summed E-state index contributed by atoms with van der Waals surface area (Å²) < 4.78 is 1.59. The molecule has 7 nitrogen and oxygen atoms in total. The zero-order valence-electron chi connectivity index (χ0n) is 12.5. The van der Waals surface area contributed by atoms with Gasteiger partial charge in [0.25, 0.3) is 5.91 Å². The van der Waals surface area contributed by atoms with Gasteiger partial charge in [-0.25, -0.2) is 9.98 Å². The molecule has 1 amide bonds. The summed E-state index contributed by atoms with van der Waals surface area (Å²) in [6, 6.07) is 3.56. The normalized spacial score (nSPS) is 11.3. The topological polar surface area (TPSA) is 89.4 Å². The van der Waals surface area contributed by atoms with E-state index in [0.717, 1.165) is 0 Å². The van der Waals surface area contributed by atoms with Gasteiger partial charge in [0.05, 0.1) is 18.1 Å². The van der Waals surface area contributed by atoms with Gasteiger partial charge in [-0.3, -0.25) is 9.78 Å². The minimum Gasteiger partial charge on any atom is -0.381 e. The molecular weight excluding hydrogens is 300 g/mol. The van der Waals surface area contributed by atoms with Gasteiger partial charge in [-0.2, -0.15) is 0 Å². The van der Waals surface area contributed by atoms with Crippen molar-refractivity contribution in [2.24, 2.45) is 17.8 Å². The van der Waals surface area contributed by atoms with E-state index >= 15 is 0 Å². The van der Waals surface area contributed by atoms with Gasteiger partial charge >= 0.3 is 0 Å². The van der Waals surface area contributed by atoms with Crippen LogP contribution in [0.25, 0.3) is 0 Å². The van der Waals surface area contributed by atoms with Gasteiger partial charge in [0.1, 0.15) is 10.7 Å². The predicted octanol–water partition coefficient (Wildman–Crippen LogP) is 1.14. The molecule has 0 radical (unpaired) electrons. The van der Waals surface area contributed by atoms with Gasteiger partial charge in [0.15, 0.2) is 11.7 Å². The molecule has 0 spiro atoms. The summed E-state index contributed by atoms with van der Waals surface area (Å²) in [5.74, 6) is 0.353. The van der Waals surface area contributed by atoms with Crippen LogP contribution in [0.15, 0.2) is 35.7 Å². The van der Waals surface area contributed by atoms with Crippen molar-refractivity contribution in [1.29, 1.82) is 0 Å². The summed E-state index contributed by atoms with van der Waals surface area (Å²) in [7, 11) is 3.37. The standard InChI is InChI=1S/C14H16N6OS/c1-9(22)18-12(15)13-17-8-11(20(13)3)14(21)19(2)10-5-4-6-16-7-10/h4-8H,1-3H3,(H2,15,18,22). The van der Waals surface area contributed by atoms with Crippen LogP contribution in [-0.2, 0) is 7.05 Å². The lowest BCUT2D eigenvalue weighted by atomic mass is 10.3. The maximum absolute atomic E-state index is 12.6. The number of carbonyl (C=O) groups excluding carboxylic acids is 1. The van der Waals surface area contributed by atoms with Crippen molar-refractivity contribution in [2.75, 3.05) is 11.9 Å². The van der Waals surface area contributed by atoms with Crippen LogP contribution in [0, 0.1) is 0 Å². The van der Waals surface area contributed by atoms with E-state index in [4.69, 9.17) is 18.0 Å². The molecule has 0 atom stereocenters. The molecule has 2 aromatic heterocycles. The first-order chi connectivity index (χ1) is 10.4. The number of anilines is 1. The number of thiocarbonyl (C=S) groups is 1. The second kappa shape index (κ2) is 6.44. The van der Waals surface area contributed by atoms with E-state index in [1.807, 2.05) is 0 Å². The molecule has 0 fully saturated rings. The Hall–Kier alpha value is -2.61.